The Morgan fingerprint density at radius 3 is 1.89 bits per heavy atom. The van der Waals surface area contributed by atoms with Crippen LogP contribution in [0.2, 0.25) is 0 Å². The van der Waals surface area contributed by atoms with Crippen molar-refractivity contribution in [3.05, 3.63) is 209 Å². The van der Waals surface area contributed by atoms with E-state index >= 15 is 0 Å². The van der Waals surface area contributed by atoms with Crippen molar-refractivity contribution in [3.8, 4) is 11.1 Å². The molecule has 0 spiro atoms. The average molecular weight is 855 g/mol. The molecule has 0 N–H and O–H groups in total. The number of fused-ring (bicyclic) bond motifs is 6. The number of aryl methyl sites for hydroxylation is 3. The molecular weight excluding hydrogens is 793 g/mol. The van der Waals surface area contributed by atoms with Gasteiger partial charge in [-0.15, -0.1) is 11.8 Å². The van der Waals surface area contributed by atoms with Crippen molar-refractivity contribution in [1.29, 1.82) is 0 Å². The largest absolute Gasteiger partial charge is 0.309 e. The van der Waals surface area contributed by atoms with Gasteiger partial charge in [0, 0.05) is 38.9 Å². The van der Waals surface area contributed by atoms with Crippen LogP contribution in [0.4, 0.5) is 34.1 Å². The lowest BCUT2D eigenvalue weighted by atomic mass is 9.96. The summed E-state index contributed by atoms with van der Waals surface area (Å²) < 4.78 is 0. The monoisotopic (exact) mass is 854 g/mol. The van der Waals surface area contributed by atoms with E-state index in [1.807, 2.05) is 39.5 Å². The van der Waals surface area contributed by atoms with Crippen molar-refractivity contribution in [2.24, 2.45) is 0 Å². The van der Waals surface area contributed by atoms with Gasteiger partial charge in [0.05, 0.1) is 11.4 Å². The van der Waals surface area contributed by atoms with E-state index in [1.165, 1.54) is 113 Å². The number of para-hydroxylation sites is 4. The minimum atomic E-state index is 0.274. The maximum Gasteiger partial charge on any atom is 0.0597 e. The van der Waals surface area contributed by atoms with Gasteiger partial charge in [0.15, 0.2) is 0 Å². The summed E-state index contributed by atoms with van der Waals surface area (Å²) in [5.74, 6) is 1.39. The standard InChI is InChI=1S/C57H50N2S.2C2H6/c1-4-5-36-60-57-27-13-12-25-56(57)58(52-22-9-6-16-39(52)2)45-33-35-48-47-34-29-41(37-50(47)40(3)51(48)38-45)28-30-42-19-14-21-49-46(42)20-15-26-55(49)59-53-23-10-7-17-43(53)31-32-44-18-8-11-24-54(44)59;2*1-2/h6-30,33-35,37-38,40H,4-5,31-32,36H2,1-3H3;2*1-2H3/b30-28+;;. The van der Waals surface area contributed by atoms with Crippen LogP contribution < -0.4 is 9.80 Å². The Morgan fingerprint density at radius 1 is 0.578 bits per heavy atom. The molecule has 0 fully saturated rings. The Hall–Kier alpha value is -6.29. The Bertz CT molecular complexity index is 2860. The summed E-state index contributed by atoms with van der Waals surface area (Å²) in [4.78, 5) is 6.29. The van der Waals surface area contributed by atoms with Gasteiger partial charge in [-0.1, -0.05) is 181 Å². The fourth-order valence-corrected chi connectivity index (χ4v) is 10.6. The van der Waals surface area contributed by atoms with Crippen LogP contribution in [0.1, 0.15) is 99.2 Å². The second-order valence-electron chi connectivity index (χ2n) is 16.3. The fourth-order valence-electron chi connectivity index (χ4n) is 9.44. The summed E-state index contributed by atoms with van der Waals surface area (Å²) in [7, 11) is 0. The third kappa shape index (κ3) is 8.67. The second kappa shape index (κ2) is 20.5. The normalized spacial score (nSPS) is 13.4. The van der Waals surface area contributed by atoms with Crippen LogP contribution in [0.3, 0.4) is 0 Å². The molecule has 2 aliphatic rings. The summed E-state index contributed by atoms with van der Waals surface area (Å²) in [5.41, 5.74) is 19.3. The lowest BCUT2D eigenvalue weighted by Crippen LogP contribution is -2.13. The zero-order valence-corrected chi connectivity index (χ0v) is 39.6. The molecule has 1 aliphatic carbocycles. The molecule has 10 rings (SSSR count). The first-order valence-corrected chi connectivity index (χ1v) is 24.6. The molecule has 0 radical (unpaired) electrons. The molecule has 1 heterocycles. The molecule has 8 aromatic carbocycles. The molecule has 0 saturated carbocycles. The average Bonchev–Trinajstić information content (AvgIpc) is 3.51. The summed E-state index contributed by atoms with van der Waals surface area (Å²) in [6.45, 7) is 14.9. The third-order valence-corrected chi connectivity index (χ3v) is 13.7. The molecule has 322 valence electrons. The van der Waals surface area contributed by atoms with Gasteiger partial charge in [-0.25, -0.2) is 0 Å². The maximum atomic E-state index is 2.49. The Balaban J connectivity index is 0.00000136. The van der Waals surface area contributed by atoms with Gasteiger partial charge < -0.3 is 9.80 Å². The maximum absolute atomic E-state index is 2.49. The van der Waals surface area contributed by atoms with E-state index in [-0.39, 0.29) is 5.92 Å². The molecule has 0 aromatic heterocycles. The summed E-state index contributed by atoms with van der Waals surface area (Å²) in [5, 5.41) is 2.50. The number of anilines is 6. The van der Waals surface area contributed by atoms with Crippen LogP contribution in [0.25, 0.3) is 34.1 Å². The van der Waals surface area contributed by atoms with E-state index in [9.17, 15) is 0 Å². The van der Waals surface area contributed by atoms with Crippen molar-refractivity contribution in [1.82, 2.24) is 0 Å². The minimum absolute atomic E-state index is 0.274. The summed E-state index contributed by atoms with van der Waals surface area (Å²) in [6.07, 6.45) is 9.08. The number of nitrogens with zero attached hydrogens (tertiary/aromatic N) is 2. The van der Waals surface area contributed by atoms with Gasteiger partial charge in [0.25, 0.3) is 0 Å². The van der Waals surface area contributed by atoms with Gasteiger partial charge in [0.1, 0.15) is 0 Å². The smallest absolute Gasteiger partial charge is 0.0597 e. The Kier molecular flexibility index (Phi) is 14.2. The quantitative estimate of drug-likeness (QED) is 0.0769. The first-order valence-electron chi connectivity index (χ1n) is 23.6. The number of hydrogen-bond donors (Lipinski definition) is 0. The number of hydrogen-bond acceptors (Lipinski definition) is 3. The molecule has 0 bridgehead atoms. The number of rotatable bonds is 10. The van der Waals surface area contributed by atoms with Crippen LogP contribution in [0.5, 0.6) is 0 Å². The summed E-state index contributed by atoms with van der Waals surface area (Å²) in [6, 6.07) is 63.2. The highest BCUT2D eigenvalue weighted by Crippen LogP contribution is 2.50. The molecule has 1 aliphatic heterocycles. The summed E-state index contributed by atoms with van der Waals surface area (Å²) >= 11 is 1.97. The van der Waals surface area contributed by atoms with Gasteiger partial charge in [-0.05, 0) is 136 Å². The molecule has 64 heavy (non-hydrogen) atoms. The van der Waals surface area contributed by atoms with Gasteiger partial charge >= 0.3 is 0 Å². The van der Waals surface area contributed by atoms with E-state index in [0.717, 1.165) is 18.6 Å². The van der Waals surface area contributed by atoms with Crippen molar-refractivity contribution >= 4 is 68.8 Å². The zero-order chi connectivity index (χ0) is 44.6. The SMILES string of the molecule is CC.CC.CCCCSc1ccccc1N(c1ccc2c(c1)C(C)c1cc(/C=C/c3cccc4c(N5c6ccccc6CCc6ccccc65)cccc34)ccc1-2)c1ccccc1C. The fraction of sp³-hybridized carbons (Fsp3) is 0.213. The lowest BCUT2D eigenvalue weighted by molar-refractivity contribution is 0.896. The Morgan fingerprint density at radius 2 is 1.17 bits per heavy atom. The van der Waals surface area contributed by atoms with Crippen molar-refractivity contribution in [2.45, 2.75) is 85.0 Å². The van der Waals surface area contributed by atoms with Crippen LogP contribution in [-0.2, 0) is 12.8 Å². The van der Waals surface area contributed by atoms with E-state index in [1.54, 1.807) is 0 Å². The van der Waals surface area contributed by atoms with E-state index < -0.39 is 0 Å². The molecule has 0 saturated heterocycles. The van der Waals surface area contributed by atoms with Gasteiger partial charge in [0.2, 0.25) is 0 Å². The van der Waals surface area contributed by atoms with Crippen LogP contribution in [0, 0.1) is 6.92 Å². The van der Waals surface area contributed by atoms with Crippen LogP contribution in [-0.4, -0.2) is 5.75 Å². The first kappa shape index (κ1) is 44.3. The first-order chi connectivity index (χ1) is 31.6. The molecule has 1 unspecified atom stereocenters. The molecular formula is C61H62N2S. The predicted octanol–water partition coefficient (Wildman–Crippen LogP) is 18.4. The minimum Gasteiger partial charge on any atom is -0.309 e. The third-order valence-electron chi connectivity index (χ3n) is 12.6. The highest BCUT2D eigenvalue weighted by atomic mass is 32.2. The predicted molar refractivity (Wildman–Crippen MR) is 282 cm³/mol. The molecule has 8 aromatic rings. The molecule has 1 atom stereocenters. The number of unbranched alkanes of at least 4 members (excludes halogenated alkanes) is 1. The highest BCUT2D eigenvalue weighted by molar-refractivity contribution is 7.99. The number of thioether (sulfide) groups is 1. The zero-order valence-electron chi connectivity index (χ0n) is 38.7. The molecule has 0 amide bonds. The van der Waals surface area contributed by atoms with Crippen molar-refractivity contribution in [3.63, 3.8) is 0 Å². The molecule has 2 nitrogen and oxygen atoms in total. The van der Waals surface area contributed by atoms with Crippen molar-refractivity contribution in [2.75, 3.05) is 15.6 Å². The highest BCUT2D eigenvalue weighted by Gasteiger charge is 2.28. The topological polar surface area (TPSA) is 6.48 Å². The van der Waals surface area contributed by atoms with Gasteiger partial charge in [-0.3, -0.25) is 0 Å². The van der Waals surface area contributed by atoms with Gasteiger partial charge in [-0.2, -0.15) is 0 Å². The Labute approximate surface area is 387 Å². The number of benzene rings is 8. The van der Waals surface area contributed by atoms with E-state index in [4.69, 9.17) is 0 Å². The molecule has 3 heteroatoms. The van der Waals surface area contributed by atoms with Crippen LogP contribution >= 0.6 is 11.8 Å². The van der Waals surface area contributed by atoms with Crippen molar-refractivity contribution < 1.29 is 0 Å². The lowest BCUT2D eigenvalue weighted by Gasteiger charge is -2.29. The van der Waals surface area contributed by atoms with E-state index in [0.29, 0.717) is 0 Å². The van der Waals surface area contributed by atoms with Crippen LogP contribution in [0.15, 0.2) is 175 Å². The van der Waals surface area contributed by atoms with E-state index in [2.05, 4.69) is 213 Å². The second-order valence-corrected chi connectivity index (χ2v) is 17.4.